The smallest absolute Gasteiger partial charge is 0.191 e. The summed E-state index contributed by atoms with van der Waals surface area (Å²) in [6.45, 7) is 7.43. The van der Waals surface area contributed by atoms with Crippen molar-refractivity contribution in [2.24, 2.45) is 0 Å². The molecule has 25 heavy (non-hydrogen) atoms. The molecule has 0 aliphatic carbocycles. The highest BCUT2D eigenvalue weighted by Gasteiger charge is 2.15. The number of methoxy groups -OCH3 is 1. The molecule has 0 aliphatic rings. The number of hydrogen-bond donors (Lipinski definition) is 0. The largest absolute Gasteiger partial charge is 0.497 e. The Bertz CT molecular complexity index is 839. The minimum Gasteiger partial charge on any atom is -0.497 e. The standard InChI is InChI=1S/C19H23N3OS2/c1-5-22-18(15-10-17(13(2)3)24-12-15)20-21-19(22)25-11-14-7-6-8-16(9-14)23-4/h6-10,12-13H,5,11H2,1-4H3. The molecule has 6 heteroatoms. The van der Waals surface area contributed by atoms with Crippen LogP contribution in [0.3, 0.4) is 0 Å². The molecule has 0 aliphatic heterocycles. The van der Waals surface area contributed by atoms with E-state index >= 15 is 0 Å². The number of thiophene rings is 1. The van der Waals surface area contributed by atoms with Gasteiger partial charge in [-0.25, -0.2) is 0 Å². The van der Waals surface area contributed by atoms with Gasteiger partial charge >= 0.3 is 0 Å². The lowest BCUT2D eigenvalue weighted by atomic mass is 10.1. The third-order valence-corrected chi connectivity index (χ3v) is 6.25. The Morgan fingerprint density at radius 3 is 2.76 bits per heavy atom. The average molecular weight is 374 g/mol. The van der Waals surface area contributed by atoms with E-state index in [1.54, 1.807) is 30.2 Å². The first-order valence-electron chi connectivity index (χ1n) is 8.40. The highest BCUT2D eigenvalue weighted by molar-refractivity contribution is 7.98. The Hall–Kier alpha value is -1.79. The van der Waals surface area contributed by atoms with E-state index in [1.165, 1.54) is 10.4 Å². The van der Waals surface area contributed by atoms with Gasteiger partial charge in [0.1, 0.15) is 5.75 Å². The fraction of sp³-hybridized carbons (Fsp3) is 0.368. The zero-order chi connectivity index (χ0) is 17.8. The molecular formula is C19H23N3OS2. The van der Waals surface area contributed by atoms with Crippen LogP contribution in [0.2, 0.25) is 0 Å². The maximum Gasteiger partial charge on any atom is 0.191 e. The summed E-state index contributed by atoms with van der Waals surface area (Å²) < 4.78 is 7.49. The summed E-state index contributed by atoms with van der Waals surface area (Å²) in [6.07, 6.45) is 0. The first kappa shape index (κ1) is 18.0. The molecule has 0 N–H and O–H groups in total. The molecule has 0 unspecified atom stereocenters. The highest BCUT2D eigenvalue weighted by Crippen LogP contribution is 2.32. The van der Waals surface area contributed by atoms with Crippen LogP contribution in [0.1, 0.15) is 37.1 Å². The number of rotatable bonds is 7. The number of ether oxygens (including phenoxy) is 1. The molecule has 0 amide bonds. The Kier molecular flexibility index (Phi) is 5.81. The third kappa shape index (κ3) is 4.07. The van der Waals surface area contributed by atoms with Gasteiger partial charge in [-0.1, -0.05) is 37.7 Å². The molecular weight excluding hydrogens is 350 g/mol. The lowest BCUT2D eigenvalue weighted by Gasteiger charge is -2.07. The predicted octanol–water partition coefficient (Wildman–Crippen LogP) is 5.45. The van der Waals surface area contributed by atoms with Gasteiger partial charge in [0.05, 0.1) is 7.11 Å². The predicted molar refractivity (Wildman–Crippen MR) is 106 cm³/mol. The molecule has 2 aromatic heterocycles. The first-order valence-corrected chi connectivity index (χ1v) is 10.3. The molecule has 0 fully saturated rings. The minimum atomic E-state index is 0.540. The summed E-state index contributed by atoms with van der Waals surface area (Å²) in [5.41, 5.74) is 2.38. The summed E-state index contributed by atoms with van der Waals surface area (Å²) in [6, 6.07) is 10.4. The monoisotopic (exact) mass is 373 g/mol. The van der Waals surface area contributed by atoms with Gasteiger partial charge < -0.3 is 9.30 Å². The van der Waals surface area contributed by atoms with Crippen molar-refractivity contribution in [3.8, 4) is 17.1 Å². The fourth-order valence-corrected chi connectivity index (χ4v) is 4.43. The minimum absolute atomic E-state index is 0.540. The van der Waals surface area contributed by atoms with Crippen LogP contribution in [0.15, 0.2) is 40.9 Å². The quantitative estimate of drug-likeness (QED) is 0.516. The van der Waals surface area contributed by atoms with E-state index < -0.39 is 0 Å². The molecule has 0 saturated heterocycles. The Labute approximate surface area is 157 Å². The molecule has 1 aromatic carbocycles. The van der Waals surface area contributed by atoms with Crippen molar-refractivity contribution in [1.82, 2.24) is 14.8 Å². The van der Waals surface area contributed by atoms with Gasteiger partial charge in [-0.3, -0.25) is 0 Å². The number of benzene rings is 1. The van der Waals surface area contributed by atoms with Crippen LogP contribution in [0.5, 0.6) is 5.75 Å². The van der Waals surface area contributed by atoms with E-state index in [1.807, 2.05) is 12.1 Å². The van der Waals surface area contributed by atoms with Gasteiger partial charge in [0.25, 0.3) is 0 Å². The third-order valence-electron chi connectivity index (χ3n) is 3.98. The normalized spacial score (nSPS) is 11.2. The van der Waals surface area contributed by atoms with E-state index in [0.717, 1.165) is 34.6 Å². The van der Waals surface area contributed by atoms with Crippen LogP contribution in [-0.4, -0.2) is 21.9 Å². The van der Waals surface area contributed by atoms with Crippen molar-refractivity contribution in [1.29, 1.82) is 0 Å². The van der Waals surface area contributed by atoms with Crippen LogP contribution < -0.4 is 4.74 Å². The Morgan fingerprint density at radius 1 is 1.24 bits per heavy atom. The van der Waals surface area contributed by atoms with Gasteiger partial charge in [-0.05, 0) is 36.6 Å². The second kappa shape index (κ2) is 8.06. The van der Waals surface area contributed by atoms with E-state index in [0.29, 0.717) is 5.92 Å². The lowest BCUT2D eigenvalue weighted by molar-refractivity contribution is 0.414. The zero-order valence-corrected chi connectivity index (χ0v) is 16.7. The SMILES string of the molecule is CCn1c(SCc2cccc(OC)c2)nnc1-c1csc(C(C)C)c1. The van der Waals surface area contributed by atoms with Gasteiger partial charge in [0.2, 0.25) is 0 Å². The second-order valence-electron chi connectivity index (χ2n) is 6.08. The number of hydrogen-bond acceptors (Lipinski definition) is 5. The van der Waals surface area contributed by atoms with Crippen LogP contribution in [-0.2, 0) is 12.3 Å². The summed E-state index contributed by atoms with van der Waals surface area (Å²) in [5, 5.41) is 12.0. The molecule has 0 radical (unpaired) electrons. The second-order valence-corrected chi connectivity index (χ2v) is 7.97. The summed E-state index contributed by atoms with van der Waals surface area (Å²) in [7, 11) is 1.69. The van der Waals surface area contributed by atoms with Gasteiger partial charge in [-0.15, -0.1) is 21.5 Å². The van der Waals surface area contributed by atoms with E-state index in [2.05, 4.69) is 59.1 Å². The maximum atomic E-state index is 5.29. The zero-order valence-electron chi connectivity index (χ0n) is 15.0. The highest BCUT2D eigenvalue weighted by atomic mass is 32.2. The van der Waals surface area contributed by atoms with Crippen LogP contribution in [0.25, 0.3) is 11.4 Å². The van der Waals surface area contributed by atoms with Crippen molar-refractivity contribution in [2.45, 2.75) is 44.1 Å². The maximum absolute atomic E-state index is 5.29. The summed E-state index contributed by atoms with van der Waals surface area (Å²) in [5.74, 6) is 3.23. The number of aromatic nitrogens is 3. The molecule has 0 saturated carbocycles. The van der Waals surface area contributed by atoms with Gasteiger partial charge in [0, 0.05) is 28.1 Å². The van der Waals surface area contributed by atoms with Crippen LogP contribution in [0, 0.1) is 0 Å². The molecule has 3 rings (SSSR count). The van der Waals surface area contributed by atoms with Crippen molar-refractivity contribution < 1.29 is 4.74 Å². The van der Waals surface area contributed by atoms with E-state index in [9.17, 15) is 0 Å². The lowest BCUT2D eigenvalue weighted by Crippen LogP contribution is -1.99. The topological polar surface area (TPSA) is 39.9 Å². The summed E-state index contributed by atoms with van der Waals surface area (Å²) >= 11 is 3.50. The molecule has 132 valence electrons. The van der Waals surface area contributed by atoms with Crippen molar-refractivity contribution >= 4 is 23.1 Å². The van der Waals surface area contributed by atoms with E-state index in [-0.39, 0.29) is 0 Å². The van der Waals surface area contributed by atoms with Crippen molar-refractivity contribution in [2.75, 3.05) is 7.11 Å². The summed E-state index contributed by atoms with van der Waals surface area (Å²) in [4.78, 5) is 1.38. The Balaban J connectivity index is 1.79. The van der Waals surface area contributed by atoms with Crippen LogP contribution in [0.4, 0.5) is 0 Å². The molecule has 0 spiro atoms. The molecule has 2 heterocycles. The Morgan fingerprint density at radius 2 is 2.08 bits per heavy atom. The number of thioether (sulfide) groups is 1. The average Bonchev–Trinajstić information content (AvgIpc) is 3.26. The molecule has 0 atom stereocenters. The molecule has 3 aromatic rings. The first-order chi connectivity index (χ1) is 12.1. The van der Waals surface area contributed by atoms with E-state index in [4.69, 9.17) is 4.74 Å². The molecule has 0 bridgehead atoms. The van der Waals surface area contributed by atoms with Crippen molar-refractivity contribution in [3.63, 3.8) is 0 Å². The van der Waals surface area contributed by atoms with Crippen molar-refractivity contribution in [3.05, 3.63) is 46.2 Å². The fourth-order valence-electron chi connectivity index (χ4n) is 2.58. The van der Waals surface area contributed by atoms with Gasteiger partial charge in [0.15, 0.2) is 11.0 Å². The van der Waals surface area contributed by atoms with Gasteiger partial charge in [-0.2, -0.15) is 0 Å². The van der Waals surface area contributed by atoms with Crippen LogP contribution >= 0.6 is 23.1 Å². The molecule has 4 nitrogen and oxygen atoms in total. The number of nitrogens with zero attached hydrogens (tertiary/aromatic N) is 3.